The molecule has 0 saturated carbocycles. The third kappa shape index (κ3) is 4.49. The molecule has 27 heavy (non-hydrogen) atoms. The van der Waals surface area contributed by atoms with Crippen LogP contribution < -0.4 is 5.46 Å². The van der Waals surface area contributed by atoms with Crippen molar-refractivity contribution in [3.05, 3.63) is 29.8 Å². The third-order valence-corrected chi connectivity index (χ3v) is 5.64. The molecule has 3 rings (SSSR count). The van der Waals surface area contributed by atoms with Crippen LogP contribution >= 0.6 is 0 Å². The summed E-state index contributed by atoms with van der Waals surface area (Å²) < 4.78 is 17.6. The van der Waals surface area contributed by atoms with Crippen molar-refractivity contribution >= 4 is 18.7 Å². The second kappa shape index (κ2) is 6.82. The fraction of sp³-hybridized carbons (Fsp3) is 0.667. The van der Waals surface area contributed by atoms with Crippen LogP contribution in [0.4, 0.5) is 4.79 Å². The number of likely N-dealkylation sites (tertiary alicyclic amines) is 1. The van der Waals surface area contributed by atoms with Crippen LogP contribution in [-0.2, 0) is 20.5 Å². The molecule has 0 aliphatic carbocycles. The Morgan fingerprint density at radius 3 is 2.11 bits per heavy atom. The minimum Gasteiger partial charge on any atom is -0.444 e. The zero-order valence-electron chi connectivity index (χ0n) is 17.7. The molecule has 148 valence electrons. The largest absolute Gasteiger partial charge is 0.494 e. The average molecular weight is 373 g/mol. The van der Waals surface area contributed by atoms with Gasteiger partial charge in [0.25, 0.3) is 0 Å². The van der Waals surface area contributed by atoms with Gasteiger partial charge in [-0.25, -0.2) is 4.79 Å². The molecule has 0 atom stereocenters. The fourth-order valence-electron chi connectivity index (χ4n) is 3.30. The van der Waals surface area contributed by atoms with Crippen molar-refractivity contribution in [1.82, 2.24) is 4.90 Å². The number of amides is 1. The Kier molecular flexibility index (Phi) is 5.11. The van der Waals surface area contributed by atoms with E-state index >= 15 is 0 Å². The van der Waals surface area contributed by atoms with Gasteiger partial charge in [0, 0.05) is 13.1 Å². The highest BCUT2D eigenvalue weighted by atomic mass is 16.7. The van der Waals surface area contributed by atoms with Crippen LogP contribution in [0.2, 0.25) is 0 Å². The molecular weight excluding hydrogens is 341 g/mol. The first-order valence-corrected chi connectivity index (χ1v) is 9.79. The van der Waals surface area contributed by atoms with Gasteiger partial charge in [0.1, 0.15) is 5.60 Å². The van der Waals surface area contributed by atoms with Crippen molar-refractivity contribution in [2.45, 2.75) is 71.7 Å². The smallest absolute Gasteiger partial charge is 0.444 e. The SMILES string of the molecule is CC(C)(C)OC(=O)N1CC(Cc2ccc(B3OC(C)(C)C(C)(C)O3)cc2)C1. The van der Waals surface area contributed by atoms with Crippen LogP contribution in [0.3, 0.4) is 0 Å². The molecule has 2 aliphatic heterocycles. The lowest BCUT2D eigenvalue weighted by atomic mass is 9.78. The maximum absolute atomic E-state index is 12.0. The number of benzene rings is 1. The molecule has 1 amide bonds. The molecule has 0 spiro atoms. The van der Waals surface area contributed by atoms with Gasteiger partial charge in [0.15, 0.2) is 0 Å². The fourth-order valence-corrected chi connectivity index (χ4v) is 3.30. The Bertz CT molecular complexity index is 671. The van der Waals surface area contributed by atoms with Gasteiger partial charge in [0.2, 0.25) is 0 Å². The van der Waals surface area contributed by atoms with E-state index in [1.54, 1.807) is 4.90 Å². The Labute approximate surface area is 163 Å². The topological polar surface area (TPSA) is 48.0 Å². The highest BCUT2D eigenvalue weighted by Gasteiger charge is 2.51. The predicted molar refractivity (Wildman–Crippen MR) is 107 cm³/mol. The molecular formula is C21H32BNO4. The summed E-state index contributed by atoms with van der Waals surface area (Å²) in [5.41, 5.74) is 1.22. The Balaban J connectivity index is 1.51. The van der Waals surface area contributed by atoms with Gasteiger partial charge in [-0.1, -0.05) is 24.3 Å². The van der Waals surface area contributed by atoms with Crippen LogP contribution in [0, 0.1) is 5.92 Å². The lowest BCUT2D eigenvalue weighted by Crippen LogP contribution is -2.52. The van der Waals surface area contributed by atoms with E-state index in [1.807, 2.05) is 20.8 Å². The Morgan fingerprint density at radius 2 is 1.63 bits per heavy atom. The minimum absolute atomic E-state index is 0.213. The normalized spacial score (nSPS) is 21.9. The maximum Gasteiger partial charge on any atom is 0.494 e. The second-order valence-electron chi connectivity index (χ2n) is 9.79. The standard InChI is InChI=1S/C21H32BNO4/c1-19(2,3)25-18(24)23-13-16(14-23)12-15-8-10-17(11-9-15)22-26-20(4,5)21(6,7)27-22/h8-11,16H,12-14H2,1-7H3. The summed E-state index contributed by atoms with van der Waals surface area (Å²) in [6.45, 7) is 15.4. The van der Waals surface area contributed by atoms with E-state index in [9.17, 15) is 4.79 Å². The van der Waals surface area contributed by atoms with Gasteiger partial charge in [-0.05, 0) is 71.8 Å². The summed E-state index contributed by atoms with van der Waals surface area (Å²) in [6, 6.07) is 8.44. The highest BCUT2D eigenvalue weighted by molar-refractivity contribution is 6.62. The number of carbonyl (C=O) groups excluding carboxylic acids is 1. The van der Waals surface area contributed by atoms with Gasteiger partial charge in [-0.3, -0.25) is 0 Å². The molecule has 0 radical (unpaired) electrons. The average Bonchev–Trinajstić information content (AvgIpc) is 2.69. The summed E-state index contributed by atoms with van der Waals surface area (Å²) in [5, 5.41) is 0. The molecule has 1 aromatic carbocycles. The van der Waals surface area contributed by atoms with Gasteiger partial charge < -0.3 is 18.9 Å². The number of nitrogens with zero attached hydrogens (tertiary/aromatic N) is 1. The molecule has 0 unspecified atom stereocenters. The van der Waals surface area contributed by atoms with E-state index in [4.69, 9.17) is 14.0 Å². The van der Waals surface area contributed by atoms with Crippen LogP contribution in [0.15, 0.2) is 24.3 Å². The van der Waals surface area contributed by atoms with E-state index in [-0.39, 0.29) is 24.4 Å². The van der Waals surface area contributed by atoms with E-state index in [2.05, 4.69) is 52.0 Å². The van der Waals surface area contributed by atoms with Crippen LogP contribution in [-0.4, -0.2) is 48.0 Å². The van der Waals surface area contributed by atoms with Crippen molar-refractivity contribution < 1.29 is 18.8 Å². The van der Waals surface area contributed by atoms with Gasteiger partial charge in [-0.2, -0.15) is 0 Å². The monoisotopic (exact) mass is 373 g/mol. The molecule has 0 N–H and O–H groups in total. The van der Waals surface area contributed by atoms with Gasteiger partial charge in [0.05, 0.1) is 11.2 Å². The van der Waals surface area contributed by atoms with Crippen molar-refractivity contribution in [3.8, 4) is 0 Å². The number of rotatable bonds is 3. The summed E-state index contributed by atoms with van der Waals surface area (Å²) in [7, 11) is -0.324. The molecule has 0 aromatic heterocycles. The summed E-state index contributed by atoms with van der Waals surface area (Å²) in [4.78, 5) is 13.8. The second-order valence-corrected chi connectivity index (χ2v) is 9.79. The Morgan fingerprint density at radius 1 is 1.11 bits per heavy atom. The summed E-state index contributed by atoms with van der Waals surface area (Å²) >= 11 is 0. The van der Waals surface area contributed by atoms with E-state index in [1.165, 1.54) is 5.56 Å². The minimum atomic E-state index is -0.439. The first kappa shape index (κ1) is 20.2. The zero-order chi connectivity index (χ0) is 20.0. The molecule has 2 heterocycles. The quantitative estimate of drug-likeness (QED) is 0.762. The van der Waals surface area contributed by atoms with Crippen LogP contribution in [0.25, 0.3) is 0 Å². The van der Waals surface area contributed by atoms with Crippen molar-refractivity contribution in [3.63, 3.8) is 0 Å². The van der Waals surface area contributed by atoms with Crippen molar-refractivity contribution in [2.24, 2.45) is 5.92 Å². The van der Waals surface area contributed by atoms with Crippen LogP contribution in [0.1, 0.15) is 54.0 Å². The highest BCUT2D eigenvalue weighted by Crippen LogP contribution is 2.36. The van der Waals surface area contributed by atoms with E-state index in [0.717, 1.165) is 25.0 Å². The van der Waals surface area contributed by atoms with Crippen LogP contribution in [0.5, 0.6) is 0 Å². The third-order valence-electron chi connectivity index (χ3n) is 5.64. The molecule has 2 fully saturated rings. The number of carbonyl (C=O) groups is 1. The molecule has 6 heteroatoms. The van der Waals surface area contributed by atoms with E-state index in [0.29, 0.717) is 5.92 Å². The van der Waals surface area contributed by atoms with Crippen molar-refractivity contribution in [1.29, 1.82) is 0 Å². The molecule has 5 nitrogen and oxygen atoms in total. The van der Waals surface area contributed by atoms with Gasteiger partial charge >= 0.3 is 13.2 Å². The number of ether oxygens (including phenoxy) is 1. The lowest BCUT2D eigenvalue weighted by molar-refractivity contribution is -0.000881. The first-order valence-electron chi connectivity index (χ1n) is 9.79. The Hall–Kier alpha value is -1.53. The molecule has 2 aliphatic rings. The van der Waals surface area contributed by atoms with Crippen molar-refractivity contribution in [2.75, 3.05) is 13.1 Å². The summed E-state index contributed by atoms with van der Waals surface area (Å²) in [6.07, 6.45) is 0.748. The molecule has 0 bridgehead atoms. The molecule has 2 saturated heterocycles. The van der Waals surface area contributed by atoms with Gasteiger partial charge in [-0.15, -0.1) is 0 Å². The molecule has 1 aromatic rings. The number of hydrogen-bond acceptors (Lipinski definition) is 4. The van der Waals surface area contributed by atoms with E-state index < -0.39 is 5.60 Å². The zero-order valence-corrected chi connectivity index (χ0v) is 17.7. The summed E-state index contributed by atoms with van der Waals surface area (Å²) in [5.74, 6) is 0.486. The lowest BCUT2D eigenvalue weighted by Gasteiger charge is -2.40. The maximum atomic E-state index is 12.0. The number of hydrogen-bond donors (Lipinski definition) is 0. The first-order chi connectivity index (χ1) is 12.4. The predicted octanol–water partition coefficient (Wildman–Crippen LogP) is 3.40.